The molecule has 0 bridgehead atoms. The number of anilines is 2. The number of carbonyl (C=O) groups is 3. The molecule has 1 aliphatic carbocycles. The van der Waals surface area contributed by atoms with E-state index in [1.54, 1.807) is 11.0 Å². The van der Waals surface area contributed by atoms with Gasteiger partial charge in [0.25, 0.3) is 11.8 Å². The summed E-state index contributed by atoms with van der Waals surface area (Å²) in [6.45, 7) is 6.95. The first kappa shape index (κ1) is 24.7. The molecule has 0 saturated heterocycles. The molecule has 11 nitrogen and oxygen atoms in total. The van der Waals surface area contributed by atoms with Gasteiger partial charge in [-0.2, -0.15) is 0 Å². The maximum atomic E-state index is 13.6. The molecule has 2 aliphatic rings. The van der Waals surface area contributed by atoms with Gasteiger partial charge in [0.15, 0.2) is 5.82 Å². The minimum absolute atomic E-state index is 0.0380. The van der Waals surface area contributed by atoms with Gasteiger partial charge in [0, 0.05) is 43.2 Å². The fourth-order valence-electron chi connectivity index (χ4n) is 5.37. The van der Waals surface area contributed by atoms with Crippen molar-refractivity contribution < 1.29 is 19.5 Å². The maximum absolute atomic E-state index is 13.6. The summed E-state index contributed by atoms with van der Waals surface area (Å²) in [6.07, 6.45) is 5.69. The number of hydrogen-bond acceptors (Lipinski definition) is 6. The summed E-state index contributed by atoms with van der Waals surface area (Å²) >= 11 is 0. The maximum Gasteiger partial charge on any atom is 0.276 e. The van der Waals surface area contributed by atoms with Crippen molar-refractivity contribution in [2.24, 2.45) is 11.1 Å². The number of carbonyl (C=O) groups excluding carboxylic acids is 3. The lowest BCUT2D eigenvalue weighted by Gasteiger charge is -2.30. The summed E-state index contributed by atoms with van der Waals surface area (Å²) in [6, 6.07) is 3.61. The van der Waals surface area contributed by atoms with Gasteiger partial charge in [0.1, 0.15) is 17.1 Å². The van der Waals surface area contributed by atoms with Gasteiger partial charge in [-0.05, 0) is 42.4 Å². The highest BCUT2D eigenvalue weighted by Gasteiger charge is 2.37. The highest BCUT2D eigenvalue weighted by molar-refractivity contribution is 6.06. The van der Waals surface area contributed by atoms with Crippen LogP contribution < -0.4 is 16.0 Å². The van der Waals surface area contributed by atoms with Gasteiger partial charge < -0.3 is 20.7 Å². The molecule has 0 spiro atoms. The third-order valence-electron chi connectivity index (χ3n) is 7.01. The summed E-state index contributed by atoms with van der Waals surface area (Å²) in [5.74, 6) is -0.849. The number of primary amides is 1. The molecule has 0 fully saturated rings. The Morgan fingerprint density at radius 1 is 1.24 bits per heavy atom. The van der Waals surface area contributed by atoms with Gasteiger partial charge in [0.2, 0.25) is 5.91 Å². The van der Waals surface area contributed by atoms with Crippen LogP contribution in [-0.4, -0.2) is 48.7 Å². The largest absolute Gasteiger partial charge is 0.391 e. The molecular formula is C26H31N7O4. The number of rotatable bonds is 7. The number of hydrogen-bond donors (Lipinski definition) is 3. The summed E-state index contributed by atoms with van der Waals surface area (Å²) < 4.78 is 3.48. The third-order valence-corrected chi connectivity index (χ3v) is 7.01. The number of nitrogens with one attached hydrogen (secondary N) is 1. The zero-order chi connectivity index (χ0) is 26.5. The average Bonchev–Trinajstić information content (AvgIpc) is 3.49. The molecule has 4 N–H and O–H groups in total. The number of nitrogens with two attached hydrogens (primary N) is 1. The van der Waals surface area contributed by atoms with E-state index >= 15 is 0 Å². The molecule has 0 atom stereocenters. The van der Waals surface area contributed by atoms with Crippen LogP contribution in [0.3, 0.4) is 0 Å². The molecule has 3 amide bonds. The normalized spacial score (nSPS) is 16.0. The zero-order valence-corrected chi connectivity index (χ0v) is 21.2. The molecule has 194 valence electrons. The molecule has 5 rings (SSSR count). The van der Waals surface area contributed by atoms with Gasteiger partial charge in [0.05, 0.1) is 12.3 Å². The molecule has 0 saturated carbocycles. The Morgan fingerprint density at radius 2 is 2.03 bits per heavy atom. The predicted octanol–water partition coefficient (Wildman–Crippen LogP) is 2.18. The van der Waals surface area contributed by atoms with Crippen LogP contribution >= 0.6 is 0 Å². The second-order valence-corrected chi connectivity index (χ2v) is 10.4. The number of aromatic nitrogens is 4. The number of amides is 3. The number of fused-ring (bicyclic) bond motifs is 3. The topological polar surface area (TPSA) is 148 Å². The monoisotopic (exact) mass is 505 g/mol. The second-order valence-electron chi connectivity index (χ2n) is 10.4. The van der Waals surface area contributed by atoms with Crippen LogP contribution in [0.4, 0.5) is 11.6 Å². The van der Waals surface area contributed by atoms with Crippen molar-refractivity contribution in [1.82, 2.24) is 19.3 Å². The molecule has 0 radical (unpaired) electrons. The van der Waals surface area contributed by atoms with Gasteiger partial charge in [-0.25, -0.2) is 9.67 Å². The van der Waals surface area contributed by atoms with E-state index in [1.165, 1.54) is 28.3 Å². The van der Waals surface area contributed by atoms with Crippen molar-refractivity contribution in [3.63, 3.8) is 0 Å². The van der Waals surface area contributed by atoms with E-state index in [2.05, 4.69) is 33.8 Å². The molecule has 0 aromatic carbocycles. The van der Waals surface area contributed by atoms with E-state index in [-0.39, 0.29) is 35.0 Å². The summed E-state index contributed by atoms with van der Waals surface area (Å²) in [4.78, 5) is 43.8. The first-order chi connectivity index (χ1) is 17.6. The lowest BCUT2D eigenvalue weighted by molar-refractivity contribution is -0.116. The first-order valence-electron chi connectivity index (χ1n) is 12.4. The Balaban J connectivity index is 1.51. The molecule has 0 unspecified atom stereocenters. The quantitative estimate of drug-likeness (QED) is 0.448. The van der Waals surface area contributed by atoms with Crippen molar-refractivity contribution >= 4 is 29.4 Å². The Morgan fingerprint density at radius 3 is 2.73 bits per heavy atom. The highest BCUT2D eigenvalue weighted by atomic mass is 16.3. The van der Waals surface area contributed by atoms with Crippen LogP contribution in [0.25, 0.3) is 5.69 Å². The van der Waals surface area contributed by atoms with Crippen molar-refractivity contribution in [1.29, 1.82) is 0 Å². The lowest BCUT2D eigenvalue weighted by atomic mass is 9.90. The second kappa shape index (κ2) is 9.15. The highest BCUT2D eigenvalue weighted by Crippen LogP contribution is 2.39. The third kappa shape index (κ3) is 4.29. The SMILES string of the molecule is CCCC(=O)Nc1nn(-c2ccnc(N3CCn4c(cc5c4CC(C)(C)C5)C3=O)c2CO)cc1C(N)=O. The molecule has 37 heavy (non-hydrogen) atoms. The van der Waals surface area contributed by atoms with Gasteiger partial charge >= 0.3 is 0 Å². The molecule has 3 aromatic heterocycles. The van der Waals surface area contributed by atoms with Crippen molar-refractivity contribution in [3.8, 4) is 5.69 Å². The Hall–Kier alpha value is -3.99. The summed E-state index contributed by atoms with van der Waals surface area (Å²) in [7, 11) is 0. The van der Waals surface area contributed by atoms with Crippen LogP contribution in [0.2, 0.25) is 0 Å². The van der Waals surface area contributed by atoms with Crippen LogP contribution in [-0.2, 0) is 30.8 Å². The molecular weight excluding hydrogens is 474 g/mol. The van der Waals surface area contributed by atoms with Crippen molar-refractivity contribution in [2.45, 2.75) is 59.6 Å². The van der Waals surface area contributed by atoms with Crippen LogP contribution in [0, 0.1) is 5.41 Å². The van der Waals surface area contributed by atoms with E-state index in [4.69, 9.17) is 5.73 Å². The summed E-state index contributed by atoms with van der Waals surface area (Å²) in [5, 5.41) is 17.3. The zero-order valence-electron chi connectivity index (χ0n) is 21.2. The van der Waals surface area contributed by atoms with Crippen LogP contribution in [0.5, 0.6) is 0 Å². The predicted molar refractivity (Wildman–Crippen MR) is 137 cm³/mol. The molecule has 1 aliphatic heterocycles. The van der Waals surface area contributed by atoms with Gasteiger partial charge in [-0.1, -0.05) is 20.8 Å². The Bertz CT molecular complexity index is 1420. The first-order valence-corrected chi connectivity index (χ1v) is 12.4. The van der Waals surface area contributed by atoms with E-state index in [1.807, 2.05) is 13.0 Å². The Kier molecular flexibility index (Phi) is 6.10. The molecule has 11 heteroatoms. The number of nitrogens with zero attached hydrogens (tertiary/aromatic N) is 5. The average molecular weight is 506 g/mol. The Labute approximate surface area is 214 Å². The molecule has 3 aromatic rings. The number of aliphatic hydroxyl groups excluding tert-OH is 1. The summed E-state index contributed by atoms with van der Waals surface area (Å²) in [5.41, 5.74) is 9.61. The van der Waals surface area contributed by atoms with Crippen molar-refractivity contribution in [2.75, 3.05) is 16.8 Å². The minimum Gasteiger partial charge on any atom is -0.391 e. The number of aliphatic hydroxyl groups is 1. The van der Waals surface area contributed by atoms with Crippen LogP contribution in [0.1, 0.15) is 71.3 Å². The van der Waals surface area contributed by atoms with Crippen molar-refractivity contribution in [3.05, 3.63) is 52.6 Å². The van der Waals surface area contributed by atoms with Crippen LogP contribution in [0.15, 0.2) is 24.5 Å². The van der Waals surface area contributed by atoms with Gasteiger partial charge in [-0.3, -0.25) is 19.3 Å². The number of pyridine rings is 1. The van der Waals surface area contributed by atoms with E-state index in [0.717, 1.165) is 12.8 Å². The molecule has 4 heterocycles. The van der Waals surface area contributed by atoms with E-state index in [0.29, 0.717) is 42.3 Å². The fraction of sp³-hybridized carbons (Fsp3) is 0.423. The lowest BCUT2D eigenvalue weighted by Crippen LogP contribution is -2.41. The standard InChI is InChI=1S/C26H31N7O4/c1-4-5-21(35)29-23-16(22(27)36)13-33(30-23)18-6-7-28-24(17(18)14-34)32-9-8-31-19(25(32)37)10-15-11-26(2,3)12-20(15)31/h6-7,10,13,34H,4-5,8-9,11-12,14H2,1-3H3,(H2,27,36)(H,29,30,35). The fourth-order valence-corrected chi connectivity index (χ4v) is 5.37. The van der Waals surface area contributed by atoms with E-state index in [9.17, 15) is 19.5 Å². The van der Waals surface area contributed by atoms with Gasteiger partial charge in [-0.15, -0.1) is 5.10 Å². The minimum atomic E-state index is -0.749. The van der Waals surface area contributed by atoms with E-state index < -0.39 is 12.5 Å². The smallest absolute Gasteiger partial charge is 0.276 e.